The molecule has 0 aliphatic carbocycles. The molecule has 0 saturated heterocycles. The summed E-state index contributed by atoms with van der Waals surface area (Å²) in [6.07, 6.45) is 0. The molecular weight excluding hydrogens is 203 g/mol. The zero-order valence-corrected chi connectivity index (χ0v) is 7.22. The van der Waals surface area contributed by atoms with Crippen LogP contribution in [0.25, 0.3) is 0 Å². The molecule has 0 heterocycles. The van der Waals surface area contributed by atoms with E-state index in [1.807, 2.05) is 0 Å². The summed E-state index contributed by atoms with van der Waals surface area (Å²) >= 11 is 5.25. The van der Waals surface area contributed by atoms with Gasteiger partial charge in [-0.15, -0.1) is 0 Å². The third kappa shape index (κ3) is 1.36. The number of nitriles is 1. The van der Waals surface area contributed by atoms with E-state index in [1.165, 1.54) is 13.0 Å². The molecule has 0 aromatic heterocycles. The molecule has 1 aromatic carbocycles. The summed E-state index contributed by atoms with van der Waals surface area (Å²) in [5, 5.41) is 7.67. The van der Waals surface area contributed by atoms with Gasteiger partial charge in [-0.3, -0.25) is 0 Å². The van der Waals surface area contributed by atoms with Crippen molar-refractivity contribution < 1.29 is 13.2 Å². The Labute approximate surface area is 77.4 Å². The van der Waals surface area contributed by atoms with Crippen molar-refractivity contribution in [1.29, 1.82) is 5.26 Å². The second-order valence-electron chi connectivity index (χ2n) is 2.37. The lowest BCUT2D eigenvalue weighted by Crippen LogP contribution is -1.99. The van der Waals surface area contributed by atoms with E-state index < -0.39 is 28.0 Å². The molecule has 0 unspecified atom stereocenters. The Bertz CT molecular complexity index is 380. The maximum absolute atomic E-state index is 13.0. The van der Waals surface area contributed by atoms with Crippen molar-refractivity contribution in [3.05, 3.63) is 33.6 Å². The standard InChI is InChI=1S/C8H3ClF3N/c1-3-5(9)8(12)7(11)4(2-13)6(3)10/h1H3. The fourth-order valence-corrected chi connectivity index (χ4v) is 1.02. The fourth-order valence-electron chi connectivity index (χ4n) is 0.849. The second kappa shape index (κ2) is 3.27. The lowest BCUT2D eigenvalue weighted by atomic mass is 10.1. The summed E-state index contributed by atoms with van der Waals surface area (Å²) in [6.45, 7) is 1.17. The number of hydrogen-bond donors (Lipinski definition) is 0. The minimum absolute atomic E-state index is 0.267. The zero-order chi connectivity index (χ0) is 10.2. The van der Waals surface area contributed by atoms with Crippen LogP contribution < -0.4 is 0 Å². The number of benzene rings is 1. The molecule has 13 heavy (non-hydrogen) atoms. The van der Waals surface area contributed by atoms with Gasteiger partial charge in [0, 0.05) is 5.56 Å². The van der Waals surface area contributed by atoms with E-state index in [0.29, 0.717) is 0 Å². The van der Waals surface area contributed by atoms with E-state index in [-0.39, 0.29) is 5.56 Å². The molecule has 0 bridgehead atoms. The lowest BCUT2D eigenvalue weighted by molar-refractivity contribution is 0.489. The van der Waals surface area contributed by atoms with Gasteiger partial charge in [-0.25, -0.2) is 13.2 Å². The van der Waals surface area contributed by atoms with Crippen LogP contribution in [0, 0.1) is 35.7 Å². The van der Waals surface area contributed by atoms with Crippen LogP contribution in [0.2, 0.25) is 5.02 Å². The van der Waals surface area contributed by atoms with Gasteiger partial charge in [-0.2, -0.15) is 5.26 Å². The van der Waals surface area contributed by atoms with Crippen molar-refractivity contribution in [3.63, 3.8) is 0 Å². The van der Waals surface area contributed by atoms with E-state index >= 15 is 0 Å². The number of halogens is 4. The predicted octanol–water partition coefficient (Wildman–Crippen LogP) is 2.94. The summed E-state index contributed by atoms with van der Waals surface area (Å²) in [4.78, 5) is 0. The molecule has 0 spiro atoms. The Morgan fingerprint density at radius 3 is 2.15 bits per heavy atom. The average Bonchev–Trinajstić information content (AvgIpc) is 2.13. The molecule has 5 heteroatoms. The highest BCUT2D eigenvalue weighted by Crippen LogP contribution is 2.27. The molecule has 0 amide bonds. The molecule has 68 valence electrons. The maximum atomic E-state index is 13.0. The highest BCUT2D eigenvalue weighted by molar-refractivity contribution is 6.31. The van der Waals surface area contributed by atoms with Crippen LogP contribution in [0.1, 0.15) is 11.1 Å². The Kier molecular flexibility index (Phi) is 2.48. The largest absolute Gasteiger partial charge is 0.205 e. The van der Waals surface area contributed by atoms with Gasteiger partial charge in [0.25, 0.3) is 0 Å². The quantitative estimate of drug-likeness (QED) is 0.472. The number of hydrogen-bond acceptors (Lipinski definition) is 1. The third-order valence-corrected chi connectivity index (χ3v) is 2.04. The molecule has 0 fully saturated rings. The second-order valence-corrected chi connectivity index (χ2v) is 2.75. The van der Waals surface area contributed by atoms with E-state index in [2.05, 4.69) is 0 Å². The summed E-state index contributed by atoms with van der Waals surface area (Å²) in [5.41, 5.74) is -1.21. The number of nitrogens with zero attached hydrogens (tertiary/aromatic N) is 1. The highest BCUT2D eigenvalue weighted by atomic mass is 35.5. The van der Waals surface area contributed by atoms with Crippen molar-refractivity contribution >= 4 is 11.6 Å². The van der Waals surface area contributed by atoms with Crippen LogP contribution in [0.3, 0.4) is 0 Å². The SMILES string of the molecule is Cc1c(F)c(C#N)c(F)c(F)c1Cl. The molecule has 1 rings (SSSR count). The first-order valence-corrected chi connectivity index (χ1v) is 3.61. The van der Waals surface area contributed by atoms with Gasteiger partial charge < -0.3 is 0 Å². The van der Waals surface area contributed by atoms with Crippen LogP contribution in [-0.2, 0) is 0 Å². The van der Waals surface area contributed by atoms with E-state index in [9.17, 15) is 13.2 Å². The topological polar surface area (TPSA) is 23.8 Å². The molecule has 0 aliphatic heterocycles. The van der Waals surface area contributed by atoms with Gasteiger partial charge in [0.2, 0.25) is 0 Å². The van der Waals surface area contributed by atoms with Crippen molar-refractivity contribution in [2.75, 3.05) is 0 Å². The van der Waals surface area contributed by atoms with Gasteiger partial charge in [-0.1, -0.05) is 11.6 Å². The van der Waals surface area contributed by atoms with Crippen molar-refractivity contribution in [2.24, 2.45) is 0 Å². The van der Waals surface area contributed by atoms with Crippen LogP contribution >= 0.6 is 11.6 Å². The Morgan fingerprint density at radius 1 is 1.15 bits per heavy atom. The summed E-state index contributed by atoms with van der Waals surface area (Å²) < 4.78 is 38.6. The first kappa shape index (κ1) is 9.87. The fraction of sp³-hybridized carbons (Fsp3) is 0.125. The van der Waals surface area contributed by atoms with Crippen LogP contribution in [-0.4, -0.2) is 0 Å². The van der Waals surface area contributed by atoms with Crippen LogP contribution in [0.15, 0.2) is 0 Å². The molecule has 0 N–H and O–H groups in total. The van der Waals surface area contributed by atoms with Crippen LogP contribution in [0.5, 0.6) is 0 Å². The van der Waals surface area contributed by atoms with Crippen molar-refractivity contribution in [2.45, 2.75) is 6.92 Å². The van der Waals surface area contributed by atoms with Crippen molar-refractivity contribution in [1.82, 2.24) is 0 Å². The normalized spacial score (nSPS) is 9.85. The third-order valence-electron chi connectivity index (χ3n) is 1.59. The average molecular weight is 206 g/mol. The Hall–Kier alpha value is -1.21. The van der Waals surface area contributed by atoms with Gasteiger partial charge in [0.15, 0.2) is 11.6 Å². The summed E-state index contributed by atoms with van der Waals surface area (Å²) in [6, 6.07) is 1.22. The molecule has 0 radical (unpaired) electrons. The molecule has 1 aromatic rings. The zero-order valence-electron chi connectivity index (χ0n) is 6.46. The summed E-state index contributed by atoms with van der Waals surface area (Å²) in [7, 11) is 0. The summed E-state index contributed by atoms with van der Waals surface area (Å²) in [5.74, 6) is -4.06. The minimum atomic E-state index is -1.55. The molecule has 1 nitrogen and oxygen atoms in total. The molecular formula is C8H3ClF3N. The van der Waals surface area contributed by atoms with E-state index in [1.54, 1.807) is 0 Å². The Morgan fingerprint density at radius 2 is 1.69 bits per heavy atom. The highest BCUT2D eigenvalue weighted by Gasteiger charge is 2.21. The smallest absolute Gasteiger partial charge is 0.181 e. The van der Waals surface area contributed by atoms with Crippen LogP contribution in [0.4, 0.5) is 13.2 Å². The van der Waals surface area contributed by atoms with Gasteiger partial charge in [-0.05, 0) is 6.92 Å². The minimum Gasteiger partial charge on any atom is -0.205 e. The van der Waals surface area contributed by atoms with Gasteiger partial charge in [0.05, 0.1) is 5.02 Å². The predicted molar refractivity (Wildman–Crippen MR) is 40.8 cm³/mol. The molecule has 0 aliphatic rings. The number of rotatable bonds is 0. The maximum Gasteiger partial charge on any atom is 0.181 e. The van der Waals surface area contributed by atoms with E-state index in [0.717, 1.165) is 0 Å². The van der Waals surface area contributed by atoms with Gasteiger partial charge in [0.1, 0.15) is 17.4 Å². The lowest BCUT2D eigenvalue weighted by Gasteiger charge is -2.04. The molecule has 0 atom stereocenters. The van der Waals surface area contributed by atoms with Crippen molar-refractivity contribution in [3.8, 4) is 6.07 Å². The van der Waals surface area contributed by atoms with Gasteiger partial charge >= 0.3 is 0 Å². The first-order valence-electron chi connectivity index (χ1n) is 3.23. The Balaban J connectivity index is 3.69. The monoisotopic (exact) mass is 205 g/mol. The van der Waals surface area contributed by atoms with E-state index in [4.69, 9.17) is 16.9 Å². The first-order chi connectivity index (χ1) is 6.00. The molecule has 0 saturated carbocycles.